The van der Waals surface area contributed by atoms with Crippen LogP contribution in [-0.2, 0) is 9.31 Å². The highest BCUT2D eigenvalue weighted by molar-refractivity contribution is 9.11. The van der Waals surface area contributed by atoms with Crippen molar-refractivity contribution in [3.63, 3.8) is 0 Å². The Bertz CT molecular complexity index is 5450. The van der Waals surface area contributed by atoms with Gasteiger partial charge in [0, 0.05) is 77.6 Å². The van der Waals surface area contributed by atoms with Gasteiger partial charge in [0.25, 0.3) is 0 Å². The highest BCUT2D eigenvalue weighted by atomic mass is 79.9. The molecule has 0 radical (unpaired) electrons. The van der Waals surface area contributed by atoms with Crippen LogP contribution < -0.4 is 5.46 Å². The van der Waals surface area contributed by atoms with Crippen molar-refractivity contribution in [1.82, 2.24) is 34.9 Å². The molecule has 0 N–H and O–H groups in total. The largest absolute Gasteiger partial charge is 0.494 e. The number of pyridine rings is 3. The summed E-state index contributed by atoms with van der Waals surface area (Å²) in [5, 5.41) is 0. The molecule has 0 saturated carbocycles. The molecule has 12 heteroatoms. The molecule has 1 saturated heterocycles. The molecule has 0 unspecified atom stereocenters. The summed E-state index contributed by atoms with van der Waals surface area (Å²) in [6.07, 6.45) is 5.52. The number of aromatic nitrogens is 7. The van der Waals surface area contributed by atoms with Gasteiger partial charge in [0.15, 0.2) is 11.6 Å². The molecule has 9 nitrogen and oxygen atoms in total. The molecule has 0 amide bonds. The van der Waals surface area contributed by atoms with E-state index in [1.165, 1.54) is 0 Å². The Morgan fingerprint density at radius 2 is 0.442 bits per heavy atom. The van der Waals surface area contributed by atoms with Crippen LogP contribution in [0.15, 0.2) is 398 Å². The fourth-order valence-corrected chi connectivity index (χ4v) is 15.0. The lowest BCUT2D eigenvalue weighted by atomic mass is 9.76. The number of hydrogen-bond acceptors (Lipinski definition) is 9. The SMILES string of the molecule is Brc1cc(Br)cc(-c2nc(-c3ccccc3)cc(-c3ccccc3)n2)c1.CC1(C)OB(c2cc(-c3ccccc3)cc(-c3ccccn3)c2)OC1(C)C.c1ccc(-c2cc(-c3cc(-c4cc(-c5ccccc5)cc(-c5ccccn5)c4)cc(-c4nc(-c5ccccc5)cc(-c5ccccc5)n4)c3)cc(-c3ccccn3)c2)cc1. The normalized spacial score (nSPS) is 12.6. The Morgan fingerprint density at radius 3 is 0.735 bits per heavy atom. The third kappa shape index (κ3) is 17.7. The Hall–Kier alpha value is -12.8. The maximum absolute atomic E-state index is 6.29. The van der Waals surface area contributed by atoms with Crippen molar-refractivity contribution in [2.24, 2.45) is 0 Å². The van der Waals surface area contributed by atoms with E-state index in [4.69, 9.17) is 39.2 Å². The van der Waals surface area contributed by atoms with Gasteiger partial charge < -0.3 is 9.31 Å². The van der Waals surface area contributed by atoms with Crippen LogP contribution in [0.25, 0.3) is 157 Å². The van der Waals surface area contributed by atoms with E-state index in [1.807, 2.05) is 140 Å². The van der Waals surface area contributed by atoms with E-state index in [1.54, 1.807) is 0 Å². The van der Waals surface area contributed by atoms with Crippen molar-refractivity contribution in [3.8, 4) is 157 Å². The van der Waals surface area contributed by atoms with Gasteiger partial charge in [0.1, 0.15) is 0 Å². The maximum Gasteiger partial charge on any atom is 0.494 e. The third-order valence-electron chi connectivity index (χ3n) is 20.3. The zero-order chi connectivity index (χ0) is 77.1. The molecule has 1 aliphatic heterocycles. The van der Waals surface area contributed by atoms with Gasteiger partial charge >= 0.3 is 7.12 Å². The smallest absolute Gasteiger partial charge is 0.399 e. The van der Waals surface area contributed by atoms with Gasteiger partial charge in [-0.15, -0.1) is 0 Å². The zero-order valence-electron chi connectivity index (χ0n) is 62.7. The highest BCUT2D eigenvalue weighted by Gasteiger charge is 2.52. The molecule has 544 valence electrons. The second-order valence-corrected chi connectivity index (χ2v) is 30.4. The number of hydrogen-bond donors (Lipinski definition) is 0. The van der Waals surface area contributed by atoms with Crippen LogP contribution in [0, 0.1) is 0 Å². The van der Waals surface area contributed by atoms with E-state index in [0.29, 0.717) is 11.6 Å². The van der Waals surface area contributed by atoms with E-state index in [0.717, 1.165) is 160 Å². The van der Waals surface area contributed by atoms with Crippen LogP contribution in [0.2, 0.25) is 0 Å². The van der Waals surface area contributed by atoms with Gasteiger partial charge in [-0.1, -0.05) is 275 Å². The molecular formula is C101H76BBr2N7O2. The molecule has 0 spiro atoms. The standard InChI is InChI=1S/C56H38N4.C23H24BNO2.C22H14Br2N2/c1-5-17-39(18-6-1)43-29-45(34-49(32-43)52-25-13-15-27-57-52)47-31-48(46-30-44(40-19-7-2-8-20-40)33-50(35-46)53-26-14-16-28-58-53)37-51(36-47)56-59-54(41-21-9-3-10-22-41)38-55(60-56)42-23-11-4-12-24-42;1-22(2)23(3,4)27-24(26-22)20-15-18(17-10-6-5-7-11-17)14-19(16-20)21-12-8-9-13-25-21;23-18-11-17(12-19(24)13-18)22-25-20(15-7-3-1-4-8-15)14-21(26-22)16-9-5-2-6-10-16/h1-38H;5-16H,1-4H3;1-14H. The predicted molar refractivity (Wildman–Crippen MR) is 471 cm³/mol. The minimum Gasteiger partial charge on any atom is -0.399 e. The van der Waals surface area contributed by atoms with Crippen LogP contribution in [0.3, 0.4) is 0 Å². The maximum atomic E-state index is 6.29. The first-order valence-electron chi connectivity index (χ1n) is 37.6. The van der Waals surface area contributed by atoms with E-state index in [9.17, 15) is 0 Å². The summed E-state index contributed by atoms with van der Waals surface area (Å²) in [6.45, 7) is 8.31. The molecule has 113 heavy (non-hydrogen) atoms. The summed E-state index contributed by atoms with van der Waals surface area (Å²) in [7, 11) is -0.402. The van der Waals surface area contributed by atoms with Gasteiger partial charge in [-0.3, -0.25) is 15.0 Å². The van der Waals surface area contributed by atoms with Crippen molar-refractivity contribution in [2.75, 3.05) is 0 Å². The fourth-order valence-electron chi connectivity index (χ4n) is 13.7. The van der Waals surface area contributed by atoms with Gasteiger partial charge in [-0.25, -0.2) is 19.9 Å². The summed E-state index contributed by atoms with van der Waals surface area (Å²) in [5.41, 5.74) is 26.7. The number of nitrogens with zero attached hydrogens (tertiary/aromatic N) is 7. The summed E-state index contributed by atoms with van der Waals surface area (Å²) in [5.74, 6) is 1.35. The fraction of sp³-hybridized carbons (Fsp3) is 0.0594. The van der Waals surface area contributed by atoms with E-state index < -0.39 is 7.12 Å². The molecule has 0 bridgehead atoms. The lowest BCUT2D eigenvalue weighted by Gasteiger charge is -2.32. The average Bonchev–Trinajstić information content (AvgIpc) is 1.74. The Labute approximate surface area is 677 Å². The molecule has 17 aromatic rings. The third-order valence-corrected chi connectivity index (χ3v) is 21.2. The lowest BCUT2D eigenvalue weighted by Crippen LogP contribution is -2.41. The zero-order valence-corrected chi connectivity index (χ0v) is 65.9. The second-order valence-electron chi connectivity index (χ2n) is 28.6. The van der Waals surface area contributed by atoms with E-state index >= 15 is 0 Å². The summed E-state index contributed by atoms with van der Waals surface area (Å²) in [6, 6.07) is 127. The van der Waals surface area contributed by atoms with Crippen LogP contribution in [-0.4, -0.2) is 53.2 Å². The average molecular weight is 1590 g/mol. The van der Waals surface area contributed by atoms with E-state index in [2.05, 4.69) is 313 Å². The molecule has 0 aliphatic carbocycles. The molecule has 5 aromatic heterocycles. The second kappa shape index (κ2) is 33.8. The summed E-state index contributed by atoms with van der Waals surface area (Å²) in [4.78, 5) is 34.3. The van der Waals surface area contributed by atoms with Crippen LogP contribution in [0.5, 0.6) is 0 Å². The molecular weight excluding hydrogens is 1510 g/mol. The molecule has 0 atom stereocenters. The first kappa shape index (κ1) is 74.3. The van der Waals surface area contributed by atoms with Gasteiger partial charge in [0.05, 0.1) is 51.1 Å². The van der Waals surface area contributed by atoms with E-state index in [-0.39, 0.29) is 11.2 Å². The van der Waals surface area contributed by atoms with Crippen LogP contribution in [0.4, 0.5) is 0 Å². The van der Waals surface area contributed by atoms with Crippen molar-refractivity contribution in [3.05, 3.63) is 398 Å². The number of halogens is 2. The molecule has 1 fully saturated rings. The first-order chi connectivity index (χ1) is 55.2. The van der Waals surface area contributed by atoms with Gasteiger partial charge in [0.2, 0.25) is 0 Å². The quantitative estimate of drug-likeness (QED) is 0.0927. The van der Waals surface area contributed by atoms with Gasteiger partial charge in [-0.2, -0.15) is 0 Å². The molecule has 1 aliphatic rings. The minimum absolute atomic E-state index is 0.369. The summed E-state index contributed by atoms with van der Waals surface area (Å²) < 4.78 is 14.5. The number of rotatable bonds is 15. The molecule has 18 rings (SSSR count). The molecule has 12 aromatic carbocycles. The van der Waals surface area contributed by atoms with Crippen molar-refractivity contribution in [2.45, 2.75) is 38.9 Å². The molecule has 6 heterocycles. The van der Waals surface area contributed by atoms with Crippen molar-refractivity contribution in [1.29, 1.82) is 0 Å². The van der Waals surface area contributed by atoms with Crippen molar-refractivity contribution < 1.29 is 9.31 Å². The lowest BCUT2D eigenvalue weighted by molar-refractivity contribution is 0.00578. The first-order valence-corrected chi connectivity index (χ1v) is 39.2. The minimum atomic E-state index is -0.402. The highest BCUT2D eigenvalue weighted by Crippen LogP contribution is 2.42. The topological polar surface area (TPSA) is 109 Å². The number of benzene rings is 12. The van der Waals surface area contributed by atoms with Gasteiger partial charge in [-0.05, 0) is 216 Å². The Balaban J connectivity index is 0.000000149. The Morgan fingerprint density at radius 1 is 0.212 bits per heavy atom. The van der Waals surface area contributed by atoms with Crippen molar-refractivity contribution >= 4 is 44.4 Å². The van der Waals surface area contributed by atoms with Crippen LogP contribution in [0.1, 0.15) is 27.7 Å². The monoisotopic (exact) mass is 1590 g/mol. The summed E-state index contributed by atoms with van der Waals surface area (Å²) >= 11 is 7.10. The predicted octanol–water partition coefficient (Wildman–Crippen LogP) is 26.0. The Kier molecular flexibility index (Phi) is 22.2. The van der Waals surface area contributed by atoms with Crippen LogP contribution >= 0.6 is 31.9 Å².